The standard InChI is InChI=1S/C30H32ClF2N5O3/c1-2-24(40)37-12-14-38(15-13-37)29-20-16-21(31)25(26-22(32)4-3-5-23(26)39)27(33)28(20)34-30(35-29)41-17-18-8-10-36(11-9-18)19-6-7-19/h2-5,16,18-19,39H,1,6-15,17H2. The smallest absolute Gasteiger partial charge is 0.319 e. The number of amides is 1. The molecule has 0 radical (unpaired) electrons. The van der Waals surface area contributed by atoms with Crippen LogP contribution in [-0.2, 0) is 4.79 Å². The van der Waals surface area contributed by atoms with Crippen molar-refractivity contribution in [2.45, 2.75) is 31.7 Å². The lowest BCUT2D eigenvalue weighted by Gasteiger charge is -2.35. The summed E-state index contributed by atoms with van der Waals surface area (Å²) in [7, 11) is 0. The molecule has 1 aliphatic carbocycles. The molecule has 1 amide bonds. The highest BCUT2D eigenvalue weighted by Gasteiger charge is 2.32. The molecule has 3 fully saturated rings. The number of fused-ring (bicyclic) bond motifs is 1. The zero-order valence-corrected chi connectivity index (χ0v) is 23.4. The van der Waals surface area contributed by atoms with Gasteiger partial charge < -0.3 is 24.5 Å². The van der Waals surface area contributed by atoms with E-state index in [-0.39, 0.29) is 33.6 Å². The number of benzene rings is 2. The average molecular weight is 584 g/mol. The first-order chi connectivity index (χ1) is 19.8. The van der Waals surface area contributed by atoms with Gasteiger partial charge in [0, 0.05) is 43.2 Å². The van der Waals surface area contributed by atoms with Gasteiger partial charge in [0.25, 0.3) is 0 Å². The number of carbonyl (C=O) groups excluding carboxylic acids is 1. The maximum Gasteiger partial charge on any atom is 0.319 e. The number of phenols is 1. The van der Waals surface area contributed by atoms with Crippen LogP contribution in [0.2, 0.25) is 5.02 Å². The number of aromatic hydroxyl groups is 1. The topological polar surface area (TPSA) is 82.0 Å². The van der Waals surface area contributed by atoms with Gasteiger partial charge in [0.2, 0.25) is 5.91 Å². The number of hydrogen-bond donors (Lipinski definition) is 1. The van der Waals surface area contributed by atoms with Crippen LogP contribution in [0.5, 0.6) is 11.8 Å². The Morgan fingerprint density at radius 3 is 2.46 bits per heavy atom. The van der Waals surface area contributed by atoms with Crippen molar-refractivity contribution in [2.24, 2.45) is 5.92 Å². The number of phenolic OH excluding ortho intramolecular Hbond substituents is 1. The molecular formula is C30H32ClF2N5O3. The van der Waals surface area contributed by atoms with Crippen molar-refractivity contribution in [3.05, 3.63) is 53.6 Å². The summed E-state index contributed by atoms with van der Waals surface area (Å²) in [6.45, 7) is 7.80. The molecule has 2 aromatic carbocycles. The second-order valence-electron chi connectivity index (χ2n) is 10.9. The van der Waals surface area contributed by atoms with Gasteiger partial charge in [-0.1, -0.05) is 24.2 Å². The van der Waals surface area contributed by atoms with Gasteiger partial charge in [-0.25, -0.2) is 8.78 Å². The summed E-state index contributed by atoms with van der Waals surface area (Å²) < 4.78 is 37.1. The minimum absolute atomic E-state index is 0.0200. The molecule has 216 valence electrons. The zero-order valence-electron chi connectivity index (χ0n) is 22.7. The van der Waals surface area contributed by atoms with E-state index in [9.17, 15) is 14.3 Å². The third-order valence-corrected chi connectivity index (χ3v) is 8.61. The fourth-order valence-corrected chi connectivity index (χ4v) is 6.13. The van der Waals surface area contributed by atoms with Crippen molar-refractivity contribution in [2.75, 3.05) is 50.8 Å². The van der Waals surface area contributed by atoms with Crippen molar-refractivity contribution < 1.29 is 23.4 Å². The number of ether oxygens (including phenoxy) is 1. The molecule has 0 bridgehead atoms. The first-order valence-electron chi connectivity index (χ1n) is 14.0. The predicted molar refractivity (Wildman–Crippen MR) is 153 cm³/mol. The molecule has 2 aliphatic heterocycles. The van der Waals surface area contributed by atoms with Crippen molar-refractivity contribution in [1.82, 2.24) is 19.8 Å². The van der Waals surface area contributed by atoms with E-state index >= 15 is 4.39 Å². The molecular weight excluding hydrogens is 552 g/mol. The molecule has 11 heteroatoms. The lowest BCUT2D eigenvalue weighted by Crippen LogP contribution is -2.48. The third kappa shape index (κ3) is 5.55. The fourth-order valence-electron chi connectivity index (χ4n) is 5.84. The molecule has 1 saturated carbocycles. The van der Waals surface area contributed by atoms with E-state index in [0.717, 1.165) is 38.0 Å². The molecule has 6 rings (SSSR count). The van der Waals surface area contributed by atoms with Crippen LogP contribution in [0, 0.1) is 17.6 Å². The maximum absolute atomic E-state index is 16.2. The average Bonchev–Trinajstić information content (AvgIpc) is 3.83. The highest BCUT2D eigenvalue weighted by Crippen LogP contribution is 2.43. The third-order valence-electron chi connectivity index (χ3n) is 8.31. The number of likely N-dealkylation sites (tertiary alicyclic amines) is 1. The van der Waals surface area contributed by atoms with Crippen molar-refractivity contribution >= 4 is 34.2 Å². The summed E-state index contributed by atoms with van der Waals surface area (Å²) in [5.74, 6) is -1.52. The molecule has 3 heterocycles. The minimum atomic E-state index is -0.875. The Kier molecular flexibility index (Phi) is 7.70. The lowest BCUT2D eigenvalue weighted by atomic mass is 9.98. The molecule has 0 spiro atoms. The van der Waals surface area contributed by atoms with Crippen LogP contribution in [0.3, 0.4) is 0 Å². The van der Waals surface area contributed by atoms with E-state index in [1.807, 2.05) is 4.90 Å². The molecule has 41 heavy (non-hydrogen) atoms. The number of carbonyl (C=O) groups is 1. The molecule has 2 saturated heterocycles. The van der Waals surface area contributed by atoms with Gasteiger partial charge in [0.1, 0.15) is 22.9 Å². The SMILES string of the molecule is C=CC(=O)N1CCN(c2nc(OCC3CCN(C4CC4)CC3)nc3c(F)c(-c4c(O)cccc4F)c(Cl)cc23)CC1. The van der Waals surface area contributed by atoms with Gasteiger partial charge in [-0.2, -0.15) is 9.97 Å². The second-order valence-corrected chi connectivity index (χ2v) is 11.4. The van der Waals surface area contributed by atoms with Gasteiger partial charge in [-0.15, -0.1) is 0 Å². The Labute approximate surface area is 242 Å². The number of aromatic nitrogens is 2. The van der Waals surface area contributed by atoms with Gasteiger partial charge in [-0.3, -0.25) is 4.79 Å². The van der Waals surface area contributed by atoms with Crippen LogP contribution in [0.1, 0.15) is 25.7 Å². The minimum Gasteiger partial charge on any atom is -0.507 e. The Balaban J connectivity index is 1.35. The van der Waals surface area contributed by atoms with Crippen molar-refractivity contribution in [3.63, 3.8) is 0 Å². The quantitative estimate of drug-likeness (QED) is 0.391. The molecule has 1 N–H and O–H groups in total. The Hall–Kier alpha value is -3.50. The highest BCUT2D eigenvalue weighted by molar-refractivity contribution is 6.34. The predicted octanol–water partition coefficient (Wildman–Crippen LogP) is 5.02. The highest BCUT2D eigenvalue weighted by atomic mass is 35.5. The maximum atomic E-state index is 16.2. The summed E-state index contributed by atoms with van der Waals surface area (Å²) >= 11 is 6.53. The summed E-state index contributed by atoms with van der Waals surface area (Å²) in [6, 6.07) is 5.99. The largest absolute Gasteiger partial charge is 0.507 e. The van der Waals surface area contributed by atoms with Crippen molar-refractivity contribution in [1.29, 1.82) is 0 Å². The van der Waals surface area contributed by atoms with E-state index in [0.29, 0.717) is 49.9 Å². The fraction of sp³-hybridized carbons (Fsp3) is 0.433. The first kappa shape index (κ1) is 27.7. The van der Waals surface area contributed by atoms with Crippen LogP contribution in [0.25, 0.3) is 22.0 Å². The van der Waals surface area contributed by atoms with Crippen LogP contribution in [0.15, 0.2) is 36.9 Å². The number of hydrogen-bond acceptors (Lipinski definition) is 7. The number of nitrogens with zero attached hydrogens (tertiary/aromatic N) is 5. The molecule has 0 unspecified atom stereocenters. The lowest BCUT2D eigenvalue weighted by molar-refractivity contribution is -0.126. The number of anilines is 1. The van der Waals surface area contributed by atoms with E-state index in [1.165, 1.54) is 37.1 Å². The van der Waals surface area contributed by atoms with E-state index in [2.05, 4.69) is 21.4 Å². The number of halogens is 3. The summed E-state index contributed by atoms with van der Waals surface area (Å²) in [6.07, 6.45) is 5.87. The first-order valence-corrected chi connectivity index (χ1v) is 14.4. The van der Waals surface area contributed by atoms with Crippen LogP contribution >= 0.6 is 11.6 Å². The van der Waals surface area contributed by atoms with Gasteiger partial charge in [0.15, 0.2) is 5.82 Å². The summed E-state index contributed by atoms with van der Waals surface area (Å²) in [5.41, 5.74) is -0.696. The van der Waals surface area contributed by atoms with Crippen LogP contribution in [0.4, 0.5) is 14.6 Å². The molecule has 3 aliphatic rings. The van der Waals surface area contributed by atoms with Gasteiger partial charge in [-0.05, 0) is 69.0 Å². The van der Waals surface area contributed by atoms with E-state index in [4.69, 9.17) is 16.3 Å². The molecule has 1 aromatic heterocycles. The molecule has 3 aromatic rings. The summed E-state index contributed by atoms with van der Waals surface area (Å²) in [5, 5.41) is 10.6. The Morgan fingerprint density at radius 1 is 1.07 bits per heavy atom. The molecule has 0 atom stereocenters. The number of piperazine rings is 1. The van der Waals surface area contributed by atoms with E-state index < -0.39 is 17.4 Å². The van der Waals surface area contributed by atoms with Gasteiger partial charge in [0.05, 0.1) is 17.2 Å². The molecule has 8 nitrogen and oxygen atoms in total. The Morgan fingerprint density at radius 2 is 1.80 bits per heavy atom. The van der Waals surface area contributed by atoms with E-state index in [1.54, 1.807) is 4.90 Å². The Bertz CT molecular complexity index is 1460. The summed E-state index contributed by atoms with van der Waals surface area (Å²) in [4.78, 5) is 27.4. The zero-order chi connectivity index (χ0) is 28.7. The number of piperidine rings is 1. The van der Waals surface area contributed by atoms with Crippen LogP contribution < -0.4 is 9.64 Å². The number of rotatable bonds is 7. The second kappa shape index (κ2) is 11.4. The monoisotopic (exact) mass is 583 g/mol. The van der Waals surface area contributed by atoms with Gasteiger partial charge >= 0.3 is 6.01 Å². The normalized spacial score (nSPS) is 18.6. The van der Waals surface area contributed by atoms with Crippen molar-refractivity contribution in [3.8, 4) is 22.9 Å². The van der Waals surface area contributed by atoms with Crippen LogP contribution in [-0.4, -0.2) is 82.7 Å².